The van der Waals surface area contributed by atoms with Crippen LogP contribution in [0.2, 0.25) is 0 Å². The van der Waals surface area contributed by atoms with Gasteiger partial charge < -0.3 is 15.0 Å². The van der Waals surface area contributed by atoms with Crippen molar-refractivity contribution in [2.75, 3.05) is 38.7 Å². The molecule has 3 nitrogen and oxygen atoms in total. The van der Waals surface area contributed by atoms with E-state index >= 15 is 0 Å². The molecule has 0 amide bonds. The van der Waals surface area contributed by atoms with Gasteiger partial charge in [0.1, 0.15) is 5.75 Å². The van der Waals surface area contributed by atoms with Crippen LogP contribution in [0.25, 0.3) is 0 Å². The topological polar surface area (TPSA) is 24.5 Å². The van der Waals surface area contributed by atoms with Gasteiger partial charge in [0.2, 0.25) is 0 Å². The lowest BCUT2D eigenvalue weighted by Crippen LogP contribution is -2.29. The number of hydrogen-bond acceptors (Lipinski definition) is 3. The SMILES string of the molecule is CCCCNCCN(C)c1ccc(OC)cc1. The van der Waals surface area contributed by atoms with Crippen LogP contribution in [-0.4, -0.2) is 33.8 Å². The Morgan fingerprint density at radius 2 is 1.88 bits per heavy atom. The first kappa shape index (κ1) is 13.8. The van der Waals surface area contributed by atoms with Crippen LogP contribution >= 0.6 is 0 Å². The monoisotopic (exact) mass is 236 g/mol. The zero-order chi connectivity index (χ0) is 12.5. The molecule has 0 unspecified atom stereocenters. The molecular weight excluding hydrogens is 212 g/mol. The number of unbranched alkanes of at least 4 members (excludes halogenated alkanes) is 1. The molecule has 0 aromatic heterocycles. The van der Waals surface area contributed by atoms with Gasteiger partial charge in [-0.3, -0.25) is 0 Å². The molecule has 1 aromatic rings. The van der Waals surface area contributed by atoms with Crippen LogP contribution in [0.4, 0.5) is 5.69 Å². The average Bonchev–Trinajstić information content (AvgIpc) is 2.38. The van der Waals surface area contributed by atoms with Crippen molar-refractivity contribution in [1.29, 1.82) is 0 Å². The molecule has 1 N–H and O–H groups in total. The van der Waals surface area contributed by atoms with Gasteiger partial charge in [-0.2, -0.15) is 0 Å². The van der Waals surface area contributed by atoms with E-state index in [1.165, 1.54) is 18.5 Å². The second-order valence-corrected chi connectivity index (χ2v) is 4.22. The number of methoxy groups -OCH3 is 1. The summed E-state index contributed by atoms with van der Waals surface area (Å²) in [6.45, 7) is 5.39. The summed E-state index contributed by atoms with van der Waals surface area (Å²) in [5.74, 6) is 0.906. The van der Waals surface area contributed by atoms with Crippen LogP contribution in [0.1, 0.15) is 19.8 Å². The van der Waals surface area contributed by atoms with E-state index < -0.39 is 0 Å². The minimum atomic E-state index is 0.906. The molecule has 1 aromatic carbocycles. The van der Waals surface area contributed by atoms with Crippen molar-refractivity contribution in [3.63, 3.8) is 0 Å². The molecule has 0 bridgehead atoms. The summed E-state index contributed by atoms with van der Waals surface area (Å²) in [6, 6.07) is 8.17. The zero-order valence-corrected chi connectivity index (χ0v) is 11.2. The normalized spacial score (nSPS) is 10.3. The second-order valence-electron chi connectivity index (χ2n) is 4.22. The molecule has 3 heteroatoms. The third-order valence-corrected chi connectivity index (χ3v) is 2.84. The highest BCUT2D eigenvalue weighted by molar-refractivity contribution is 5.48. The molecule has 17 heavy (non-hydrogen) atoms. The molecule has 0 aliphatic rings. The van der Waals surface area contributed by atoms with Gasteiger partial charge in [-0.15, -0.1) is 0 Å². The van der Waals surface area contributed by atoms with E-state index in [1.807, 2.05) is 12.1 Å². The fourth-order valence-electron chi connectivity index (χ4n) is 1.64. The van der Waals surface area contributed by atoms with E-state index in [0.29, 0.717) is 0 Å². The highest BCUT2D eigenvalue weighted by atomic mass is 16.5. The molecule has 0 fully saturated rings. The summed E-state index contributed by atoms with van der Waals surface area (Å²) in [7, 11) is 3.81. The Labute approximate surface area is 105 Å². The van der Waals surface area contributed by atoms with Crippen LogP contribution in [-0.2, 0) is 0 Å². The van der Waals surface area contributed by atoms with E-state index in [2.05, 4.69) is 36.3 Å². The van der Waals surface area contributed by atoms with Crippen LogP contribution in [0.3, 0.4) is 0 Å². The predicted octanol–water partition coefficient (Wildman–Crippen LogP) is 2.52. The van der Waals surface area contributed by atoms with Crippen molar-refractivity contribution in [1.82, 2.24) is 5.32 Å². The predicted molar refractivity (Wildman–Crippen MR) is 74.0 cm³/mol. The molecular formula is C14H24N2O. The number of likely N-dealkylation sites (N-methyl/N-ethyl adjacent to an activating group) is 1. The molecule has 0 saturated carbocycles. The van der Waals surface area contributed by atoms with Crippen molar-refractivity contribution in [2.24, 2.45) is 0 Å². The maximum absolute atomic E-state index is 5.14. The minimum Gasteiger partial charge on any atom is -0.497 e. The minimum absolute atomic E-state index is 0.906. The van der Waals surface area contributed by atoms with E-state index in [9.17, 15) is 0 Å². The molecule has 96 valence electrons. The number of rotatable bonds is 8. The van der Waals surface area contributed by atoms with Gasteiger partial charge >= 0.3 is 0 Å². The van der Waals surface area contributed by atoms with Gasteiger partial charge in [0.15, 0.2) is 0 Å². The van der Waals surface area contributed by atoms with Crippen LogP contribution in [0, 0.1) is 0 Å². The Hall–Kier alpha value is -1.22. The smallest absolute Gasteiger partial charge is 0.119 e. The third kappa shape index (κ3) is 5.09. The van der Waals surface area contributed by atoms with Crippen molar-refractivity contribution in [3.8, 4) is 5.75 Å². The molecule has 0 radical (unpaired) electrons. The molecule has 0 atom stereocenters. The van der Waals surface area contributed by atoms with E-state index in [4.69, 9.17) is 4.74 Å². The summed E-state index contributed by atoms with van der Waals surface area (Å²) in [5, 5.41) is 3.44. The molecule has 1 rings (SSSR count). The maximum Gasteiger partial charge on any atom is 0.119 e. The standard InChI is InChI=1S/C14H24N2O/c1-4-5-10-15-11-12-16(2)13-6-8-14(17-3)9-7-13/h6-9,15H,4-5,10-12H2,1-3H3. The lowest BCUT2D eigenvalue weighted by molar-refractivity contribution is 0.415. The summed E-state index contributed by atoms with van der Waals surface area (Å²) in [4.78, 5) is 2.25. The molecule has 0 heterocycles. The quantitative estimate of drug-likeness (QED) is 0.702. The van der Waals surface area contributed by atoms with Crippen molar-refractivity contribution in [2.45, 2.75) is 19.8 Å². The molecule has 0 aliphatic heterocycles. The first-order chi connectivity index (χ1) is 8.27. The number of anilines is 1. The lowest BCUT2D eigenvalue weighted by atomic mass is 10.3. The van der Waals surface area contributed by atoms with Crippen molar-refractivity contribution in [3.05, 3.63) is 24.3 Å². The molecule has 0 saturated heterocycles. The average molecular weight is 236 g/mol. The largest absolute Gasteiger partial charge is 0.497 e. The Morgan fingerprint density at radius 3 is 2.47 bits per heavy atom. The Kier molecular flexibility index (Phi) is 6.48. The number of hydrogen-bond donors (Lipinski definition) is 1. The summed E-state index contributed by atoms with van der Waals surface area (Å²) in [5.41, 5.74) is 1.23. The number of benzene rings is 1. The Bertz CT molecular complexity index is 298. The number of nitrogens with zero attached hydrogens (tertiary/aromatic N) is 1. The summed E-state index contributed by atoms with van der Waals surface area (Å²) in [6.07, 6.45) is 2.51. The van der Waals surface area contributed by atoms with Crippen molar-refractivity contribution >= 4 is 5.69 Å². The highest BCUT2D eigenvalue weighted by Gasteiger charge is 2.00. The van der Waals surface area contributed by atoms with Crippen LogP contribution < -0.4 is 15.0 Å². The van der Waals surface area contributed by atoms with Gasteiger partial charge in [0.25, 0.3) is 0 Å². The first-order valence-electron chi connectivity index (χ1n) is 6.34. The third-order valence-electron chi connectivity index (χ3n) is 2.84. The second kappa shape index (κ2) is 7.96. The Morgan fingerprint density at radius 1 is 1.18 bits per heavy atom. The summed E-state index contributed by atoms with van der Waals surface area (Å²) >= 11 is 0. The molecule has 0 spiro atoms. The lowest BCUT2D eigenvalue weighted by Gasteiger charge is -2.19. The number of nitrogens with one attached hydrogen (secondary N) is 1. The molecule has 0 aliphatic carbocycles. The fourth-order valence-corrected chi connectivity index (χ4v) is 1.64. The van der Waals surface area contributed by atoms with Gasteiger partial charge in [0.05, 0.1) is 7.11 Å². The Balaban J connectivity index is 2.28. The van der Waals surface area contributed by atoms with Gasteiger partial charge in [-0.25, -0.2) is 0 Å². The van der Waals surface area contributed by atoms with Gasteiger partial charge in [-0.05, 0) is 37.2 Å². The fraction of sp³-hybridized carbons (Fsp3) is 0.571. The highest BCUT2D eigenvalue weighted by Crippen LogP contribution is 2.17. The van der Waals surface area contributed by atoms with Crippen LogP contribution in [0.15, 0.2) is 24.3 Å². The number of ether oxygens (including phenoxy) is 1. The van der Waals surface area contributed by atoms with Gasteiger partial charge in [0, 0.05) is 25.8 Å². The van der Waals surface area contributed by atoms with E-state index in [0.717, 1.165) is 25.4 Å². The zero-order valence-electron chi connectivity index (χ0n) is 11.2. The summed E-state index contributed by atoms with van der Waals surface area (Å²) < 4.78 is 5.14. The van der Waals surface area contributed by atoms with Crippen LogP contribution in [0.5, 0.6) is 5.75 Å². The van der Waals surface area contributed by atoms with E-state index in [1.54, 1.807) is 7.11 Å². The van der Waals surface area contributed by atoms with Gasteiger partial charge in [-0.1, -0.05) is 13.3 Å². The first-order valence-corrected chi connectivity index (χ1v) is 6.34. The maximum atomic E-state index is 5.14. The van der Waals surface area contributed by atoms with Crippen molar-refractivity contribution < 1.29 is 4.74 Å². The van der Waals surface area contributed by atoms with E-state index in [-0.39, 0.29) is 0 Å².